The van der Waals surface area contributed by atoms with Crippen LogP contribution >= 0.6 is 11.3 Å². The Balaban J connectivity index is 1.31. The Kier molecular flexibility index (Phi) is 4.65. The van der Waals surface area contributed by atoms with Gasteiger partial charge in [0.25, 0.3) is 0 Å². The molecule has 2 aliphatic heterocycles. The van der Waals surface area contributed by atoms with E-state index in [4.69, 9.17) is 4.74 Å². The summed E-state index contributed by atoms with van der Waals surface area (Å²) in [6, 6.07) is 7.92. The number of hydrogen-bond donors (Lipinski definition) is 3. The third-order valence-electron chi connectivity index (χ3n) is 5.46. The molecule has 0 radical (unpaired) electrons. The molecule has 1 aliphatic carbocycles. The summed E-state index contributed by atoms with van der Waals surface area (Å²) in [6.07, 6.45) is 1.60. The normalized spacial score (nSPS) is 26.1. The number of hydrogen-bond acceptors (Lipinski definition) is 6. The van der Waals surface area contributed by atoms with Crippen LogP contribution in [0.2, 0.25) is 0 Å². The van der Waals surface area contributed by atoms with Gasteiger partial charge in [-0.3, -0.25) is 5.32 Å². The molecule has 2 bridgehead atoms. The van der Waals surface area contributed by atoms with Gasteiger partial charge in [0.15, 0.2) is 0 Å². The van der Waals surface area contributed by atoms with Gasteiger partial charge < -0.3 is 15.2 Å². The van der Waals surface area contributed by atoms with Crippen LogP contribution in [0.15, 0.2) is 24.3 Å². The van der Waals surface area contributed by atoms with Crippen molar-refractivity contribution in [3.05, 3.63) is 29.8 Å². The Labute approximate surface area is 162 Å². The lowest BCUT2D eigenvalue weighted by atomic mass is 9.63. The fraction of sp³-hybridized carbons (Fsp3) is 0.526. The van der Waals surface area contributed by atoms with E-state index in [9.17, 15) is 9.90 Å². The average Bonchev–Trinajstić information content (AvgIpc) is 3.33. The number of aliphatic hydroxyl groups is 1. The number of benzene rings is 1. The molecule has 3 N–H and O–H groups in total. The molecule has 2 aromatic rings. The summed E-state index contributed by atoms with van der Waals surface area (Å²) in [4.78, 5) is 12.2. The summed E-state index contributed by atoms with van der Waals surface area (Å²) in [5.41, 5.74) is 1.86. The zero-order valence-electron chi connectivity index (χ0n) is 15.5. The summed E-state index contributed by atoms with van der Waals surface area (Å²) in [5.74, 6) is 0.482. The van der Waals surface area contributed by atoms with E-state index < -0.39 is 0 Å². The lowest BCUT2D eigenvalue weighted by molar-refractivity contribution is -0.0244. The topological polar surface area (TPSA) is 96.4 Å². The Morgan fingerprint density at radius 3 is 2.67 bits per heavy atom. The number of urea groups is 1. The Hall–Kier alpha value is -2.03. The Morgan fingerprint density at radius 2 is 2.04 bits per heavy atom. The highest BCUT2D eigenvalue weighted by Gasteiger charge is 2.61. The molecule has 0 atom stereocenters. The van der Waals surface area contributed by atoms with E-state index in [0.29, 0.717) is 24.2 Å². The van der Waals surface area contributed by atoms with E-state index in [2.05, 4.69) is 46.8 Å². The predicted octanol–water partition coefficient (Wildman–Crippen LogP) is 2.99. The fourth-order valence-corrected chi connectivity index (χ4v) is 4.69. The minimum atomic E-state index is -0.320. The van der Waals surface area contributed by atoms with Gasteiger partial charge in [-0.25, -0.2) is 4.79 Å². The van der Waals surface area contributed by atoms with Crippen molar-refractivity contribution in [2.45, 2.75) is 38.2 Å². The third kappa shape index (κ3) is 3.56. The minimum Gasteiger partial charge on any atom is -0.396 e. The number of ether oxygens (including phenoxy) is 1. The van der Waals surface area contributed by atoms with Gasteiger partial charge in [0.05, 0.1) is 18.8 Å². The van der Waals surface area contributed by atoms with Gasteiger partial charge in [-0.05, 0) is 24.3 Å². The molecule has 2 saturated heterocycles. The molecule has 144 valence electrons. The van der Waals surface area contributed by atoms with Crippen LogP contribution in [0, 0.1) is 5.41 Å². The van der Waals surface area contributed by atoms with Crippen molar-refractivity contribution in [1.29, 1.82) is 0 Å². The average molecular weight is 388 g/mol. The van der Waals surface area contributed by atoms with E-state index >= 15 is 0 Å². The summed E-state index contributed by atoms with van der Waals surface area (Å²) in [7, 11) is 0. The molecule has 0 unspecified atom stereocenters. The van der Waals surface area contributed by atoms with E-state index in [1.165, 1.54) is 16.9 Å². The second-order valence-corrected chi connectivity index (χ2v) is 8.96. The number of amides is 2. The number of aliphatic hydroxyl groups excluding tert-OH is 1. The lowest BCUT2D eigenvalue weighted by Crippen LogP contribution is -2.53. The van der Waals surface area contributed by atoms with Crippen LogP contribution in [0.3, 0.4) is 0 Å². The number of nitrogens with one attached hydrogen (secondary N) is 2. The van der Waals surface area contributed by atoms with Gasteiger partial charge in [0, 0.05) is 17.5 Å². The first-order valence-electron chi connectivity index (χ1n) is 9.16. The minimum absolute atomic E-state index is 0.0859. The smallest absolute Gasteiger partial charge is 0.321 e. The fourth-order valence-electron chi connectivity index (χ4n) is 3.94. The van der Waals surface area contributed by atoms with Crippen molar-refractivity contribution in [3.8, 4) is 10.6 Å². The zero-order valence-corrected chi connectivity index (χ0v) is 16.3. The molecular weight excluding hydrogens is 364 g/mol. The molecule has 0 spiro atoms. The van der Waals surface area contributed by atoms with Crippen LogP contribution in [-0.2, 0) is 4.74 Å². The summed E-state index contributed by atoms with van der Waals surface area (Å²) in [6.45, 7) is 5.46. The summed E-state index contributed by atoms with van der Waals surface area (Å²) < 4.78 is 5.77. The van der Waals surface area contributed by atoms with Crippen LogP contribution < -0.4 is 10.6 Å². The van der Waals surface area contributed by atoms with E-state index in [1.807, 2.05) is 12.1 Å². The van der Waals surface area contributed by atoms with E-state index in [1.54, 1.807) is 0 Å². The number of nitrogens with zero attached hydrogens (tertiary/aromatic N) is 2. The Bertz CT molecular complexity index is 828. The van der Waals surface area contributed by atoms with Crippen molar-refractivity contribution < 1.29 is 14.6 Å². The molecule has 7 nitrogen and oxygen atoms in total. The predicted molar refractivity (Wildman–Crippen MR) is 104 cm³/mol. The number of carbonyl (C=O) groups is 1. The van der Waals surface area contributed by atoms with Gasteiger partial charge in [-0.15, -0.1) is 10.2 Å². The molecule has 1 aromatic heterocycles. The quantitative estimate of drug-likeness (QED) is 0.707. The van der Waals surface area contributed by atoms with Crippen molar-refractivity contribution in [2.75, 3.05) is 25.1 Å². The van der Waals surface area contributed by atoms with Gasteiger partial charge >= 0.3 is 6.03 Å². The van der Waals surface area contributed by atoms with E-state index in [-0.39, 0.29) is 23.7 Å². The highest BCUT2D eigenvalue weighted by atomic mass is 32.1. The molecule has 1 saturated carbocycles. The first-order chi connectivity index (χ1) is 12.9. The highest BCUT2D eigenvalue weighted by molar-refractivity contribution is 7.18. The van der Waals surface area contributed by atoms with Crippen LogP contribution in [0.4, 0.5) is 9.93 Å². The highest BCUT2D eigenvalue weighted by Crippen LogP contribution is 2.57. The molecule has 2 amide bonds. The molecule has 5 rings (SSSR count). The first-order valence-corrected chi connectivity index (χ1v) is 9.98. The maximum Gasteiger partial charge on any atom is 0.321 e. The SMILES string of the molecule is CC(C)c1ccc(-c2nnc(NC(=O)NCC34CC(CO)(CO3)C4)s2)cc1. The maximum atomic E-state index is 12.2. The molecule has 1 aromatic carbocycles. The Morgan fingerprint density at radius 1 is 1.30 bits per heavy atom. The van der Waals surface area contributed by atoms with Crippen LogP contribution in [0.1, 0.15) is 38.2 Å². The lowest BCUT2D eigenvalue weighted by Gasteiger charge is -2.43. The molecule has 27 heavy (non-hydrogen) atoms. The third-order valence-corrected chi connectivity index (χ3v) is 6.34. The standard InChI is InChI=1S/C19H24N4O3S/c1-12(2)13-3-5-14(6-4-13)15-22-23-17(27-15)21-16(25)20-9-19-7-18(8-19,10-24)11-26-19/h3-6,12,24H,7-11H2,1-2H3,(H2,20,21,23,25). The molecule has 3 heterocycles. The monoisotopic (exact) mass is 388 g/mol. The number of rotatable bonds is 6. The van der Waals surface area contributed by atoms with Gasteiger partial charge in [0.2, 0.25) is 5.13 Å². The summed E-state index contributed by atoms with van der Waals surface area (Å²) in [5, 5.41) is 24.4. The number of carbonyl (C=O) groups excluding carboxylic acids is 1. The van der Waals surface area contributed by atoms with Crippen LogP contribution in [0.5, 0.6) is 0 Å². The van der Waals surface area contributed by atoms with Crippen molar-refractivity contribution in [2.24, 2.45) is 5.41 Å². The van der Waals surface area contributed by atoms with Gasteiger partial charge in [-0.1, -0.05) is 49.4 Å². The largest absolute Gasteiger partial charge is 0.396 e. The number of fused-ring (bicyclic) bond motifs is 1. The number of aromatic nitrogens is 2. The summed E-state index contributed by atoms with van der Waals surface area (Å²) >= 11 is 1.34. The number of anilines is 1. The molecule has 8 heteroatoms. The van der Waals surface area contributed by atoms with Crippen molar-refractivity contribution in [1.82, 2.24) is 15.5 Å². The first kappa shape index (κ1) is 18.3. The van der Waals surface area contributed by atoms with Crippen LogP contribution in [0.25, 0.3) is 10.6 Å². The van der Waals surface area contributed by atoms with Gasteiger partial charge in [0.1, 0.15) is 5.01 Å². The van der Waals surface area contributed by atoms with Crippen LogP contribution in [-0.4, -0.2) is 46.7 Å². The molecule has 3 aliphatic rings. The van der Waals surface area contributed by atoms with Crippen molar-refractivity contribution in [3.63, 3.8) is 0 Å². The molecule has 3 fully saturated rings. The molecular formula is C19H24N4O3S. The second kappa shape index (κ2) is 6.85. The van der Waals surface area contributed by atoms with Crippen molar-refractivity contribution >= 4 is 22.5 Å². The second-order valence-electron chi connectivity index (χ2n) is 7.98. The van der Waals surface area contributed by atoms with E-state index in [0.717, 1.165) is 23.4 Å². The maximum absolute atomic E-state index is 12.2. The zero-order chi connectivity index (χ0) is 19.1. The van der Waals surface area contributed by atoms with Gasteiger partial charge in [-0.2, -0.15) is 0 Å².